The van der Waals surface area contributed by atoms with E-state index in [0.717, 1.165) is 5.56 Å². The first-order valence-electron chi connectivity index (χ1n) is 4.13. The van der Waals surface area contributed by atoms with Crippen molar-refractivity contribution >= 4 is 12.9 Å². The van der Waals surface area contributed by atoms with Crippen molar-refractivity contribution in [1.29, 1.82) is 0 Å². The quantitative estimate of drug-likeness (QED) is 0.683. The highest BCUT2D eigenvalue weighted by molar-refractivity contribution is 7.60. The van der Waals surface area contributed by atoms with Crippen LogP contribution >= 0.6 is 7.60 Å². The molecule has 0 radical (unpaired) electrons. The first kappa shape index (κ1) is 12.4. The fourth-order valence-electron chi connectivity index (χ4n) is 0.739. The lowest BCUT2D eigenvalue weighted by atomic mass is 10.2. The molecule has 0 saturated heterocycles. The van der Waals surface area contributed by atoms with Gasteiger partial charge in [0.25, 0.3) is 0 Å². The Morgan fingerprint density at radius 1 is 1.08 bits per heavy atom. The standard InChI is InChI=1S/C7H9O3P.C2H6/c1-6-2-4-7(5-3-6)11(8,9)10;1-2/h2-5H,1H3,(H2,8,9,10);1-2H3. The van der Waals surface area contributed by atoms with E-state index < -0.39 is 7.60 Å². The van der Waals surface area contributed by atoms with Crippen LogP contribution in [0.1, 0.15) is 19.4 Å². The van der Waals surface area contributed by atoms with Crippen LogP contribution in [0.5, 0.6) is 0 Å². The molecule has 1 aromatic rings. The Morgan fingerprint density at radius 2 is 1.46 bits per heavy atom. The van der Waals surface area contributed by atoms with Crippen LogP contribution in [0.2, 0.25) is 0 Å². The van der Waals surface area contributed by atoms with E-state index in [0.29, 0.717) is 0 Å². The highest BCUT2D eigenvalue weighted by atomic mass is 31.2. The Morgan fingerprint density at radius 3 is 1.77 bits per heavy atom. The Bertz CT molecular complexity index is 286. The molecular formula is C9H15O3P. The topological polar surface area (TPSA) is 57.5 Å². The van der Waals surface area contributed by atoms with Gasteiger partial charge in [-0.15, -0.1) is 0 Å². The van der Waals surface area contributed by atoms with Crippen LogP contribution in [0.4, 0.5) is 0 Å². The molecule has 0 aliphatic rings. The van der Waals surface area contributed by atoms with Gasteiger partial charge in [-0.3, -0.25) is 4.57 Å². The summed E-state index contributed by atoms with van der Waals surface area (Å²) >= 11 is 0. The summed E-state index contributed by atoms with van der Waals surface area (Å²) in [6.07, 6.45) is 0. The highest BCUT2D eigenvalue weighted by Gasteiger charge is 2.15. The van der Waals surface area contributed by atoms with Gasteiger partial charge in [0, 0.05) is 0 Å². The number of hydrogen-bond donors (Lipinski definition) is 2. The maximum atomic E-state index is 10.6. The average molecular weight is 202 g/mol. The molecule has 0 fully saturated rings. The highest BCUT2D eigenvalue weighted by Crippen LogP contribution is 2.32. The van der Waals surface area contributed by atoms with Crippen molar-refractivity contribution in [3.05, 3.63) is 29.8 Å². The molecule has 0 aromatic heterocycles. The lowest BCUT2D eigenvalue weighted by Crippen LogP contribution is -2.02. The summed E-state index contributed by atoms with van der Waals surface area (Å²) in [6, 6.07) is 6.23. The van der Waals surface area contributed by atoms with Crippen molar-refractivity contribution < 1.29 is 14.4 Å². The van der Waals surface area contributed by atoms with Crippen molar-refractivity contribution in [2.24, 2.45) is 0 Å². The van der Waals surface area contributed by atoms with Gasteiger partial charge in [0.1, 0.15) is 0 Å². The molecule has 13 heavy (non-hydrogen) atoms. The molecule has 0 aliphatic heterocycles. The van der Waals surface area contributed by atoms with Crippen LogP contribution in [-0.2, 0) is 4.57 Å². The molecule has 0 unspecified atom stereocenters. The van der Waals surface area contributed by atoms with Crippen molar-refractivity contribution in [2.75, 3.05) is 0 Å². The van der Waals surface area contributed by atoms with E-state index in [2.05, 4.69) is 0 Å². The molecule has 1 rings (SSSR count). The molecule has 0 atom stereocenters. The third-order valence-corrected chi connectivity index (χ3v) is 2.34. The first-order chi connectivity index (χ1) is 6.00. The molecule has 0 spiro atoms. The molecule has 0 bridgehead atoms. The van der Waals surface area contributed by atoms with E-state index in [9.17, 15) is 4.57 Å². The van der Waals surface area contributed by atoms with Gasteiger partial charge in [-0.2, -0.15) is 0 Å². The Hall–Kier alpha value is -0.630. The van der Waals surface area contributed by atoms with Crippen LogP contribution < -0.4 is 5.30 Å². The lowest BCUT2D eigenvalue weighted by molar-refractivity contribution is 0.387. The molecular weight excluding hydrogens is 187 g/mol. The van der Waals surface area contributed by atoms with Gasteiger partial charge in [-0.25, -0.2) is 0 Å². The largest absolute Gasteiger partial charge is 0.356 e. The zero-order valence-electron chi connectivity index (χ0n) is 8.06. The fraction of sp³-hybridized carbons (Fsp3) is 0.333. The molecule has 3 nitrogen and oxygen atoms in total. The SMILES string of the molecule is CC.Cc1ccc(P(=O)(O)O)cc1. The smallest absolute Gasteiger partial charge is 0.321 e. The summed E-state index contributed by atoms with van der Waals surface area (Å²) < 4.78 is 10.6. The third-order valence-electron chi connectivity index (χ3n) is 1.37. The number of hydrogen-bond acceptors (Lipinski definition) is 1. The molecule has 0 aliphatic carbocycles. The van der Waals surface area contributed by atoms with E-state index in [1.165, 1.54) is 12.1 Å². The second-order valence-electron chi connectivity index (χ2n) is 2.38. The minimum absolute atomic E-state index is 0.0723. The van der Waals surface area contributed by atoms with Gasteiger partial charge in [0.05, 0.1) is 5.30 Å². The van der Waals surface area contributed by atoms with Gasteiger partial charge >= 0.3 is 7.60 Å². The first-order valence-corrected chi connectivity index (χ1v) is 5.74. The second-order valence-corrected chi connectivity index (χ2v) is 3.98. The Balaban J connectivity index is 0.000000671. The molecule has 0 heterocycles. The van der Waals surface area contributed by atoms with Crippen LogP contribution in [-0.4, -0.2) is 9.79 Å². The predicted molar refractivity (Wildman–Crippen MR) is 54.2 cm³/mol. The minimum atomic E-state index is -4.04. The van der Waals surface area contributed by atoms with E-state index >= 15 is 0 Å². The molecule has 74 valence electrons. The summed E-state index contributed by atoms with van der Waals surface area (Å²) in [6.45, 7) is 5.86. The Kier molecular flexibility index (Phi) is 4.92. The maximum Gasteiger partial charge on any atom is 0.356 e. The summed E-state index contributed by atoms with van der Waals surface area (Å²) in [5.74, 6) is 0. The number of benzene rings is 1. The summed E-state index contributed by atoms with van der Waals surface area (Å²) in [5.41, 5.74) is 0.988. The van der Waals surface area contributed by atoms with Crippen LogP contribution in [0.25, 0.3) is 0 Å². The van der Waals surface area contributed by atoms with Gasteiger partial charge < -0.3 is 9.79 Å². The normalized spacial score (nSPS) is 10.2. The lowest BCUT2D eigenvalue weighted by Gasteiger charge is -2.02. The molecule has 0 saturated carbocycles. The summed E-state index contributed by atoms with van der Waals surface area (Å²) in [4.78, 5) is 17.4. The van der Waals surface area contributed by atoms with E-state index in [4.69, 9.17) is 9.79 Å². The monoisotopic (exact) mass is 202 g/mol. The van der Waals surface area contributed by atoms with Gasteiger partial charge in [-0.1, -0.05) is 31.5 Å². The third kappa shape index (κ3) is 4.23. The van der Waals surface area contributed by atoms with Crippen LogP contribution in [0, 0.1) is 6.92 Å². The predicted octanol–water partition coefficient (Wildman–Crippen LogP) is 1.82. The van der Waals surface area contributed by atoms with E-state index in [1.807, 2.05) is 20.8 Å². The van der Waals surface area contributed by atoms with Crippen molar-refractivity contribution in [3.63, 3.8) is 0 Å². The molecule has 2 N–H and O–H groups in total. The average Bonchev–Trinajstić information content (AvgIpc) is 2.07. The minimum Gasteiger partial charge on any atom is -0.321 e. The second kappa shape index (κ2) is 5.18. The zero-order chi connectivity index (χ0) is 10.5. The van der Waals surface area contributed by atoms with Crippen molar-refractivity contribution in [3.8, 4) is 0 Å². The Labute approximate surface area is 78.6 Å². The van der Waals surface area contributed by atoms with E-state index in [1.54, 1.807) is 12.1 Å². The van der Waals surface area contributed by atoms with Crippen LogP contribution in [0.15, 0.2) is 24.3 Å². The zero-order valence-corrected chi connectivity index (χ0v) is 8.95. The maximum absolute atomic E-state index is 10.6. The van der Waals surface area contributed by atoms with E-state index in [-0.39, 0.29) is 5.30 Å². The van der Waals surface area contributed by atoms with Gasteiger partial charge in [-0.05, 0) is 19.1 Å². The van der Waals surface area contributed by atoms with Crippen LogP contribution in [0.3, 0.4) is 0 Å². The fourth-order valence-corrected chi connectivity index (χ4v) is 1.28. The summed E-state index contributed by atoms with van der Waals surface area (Å²) in [5, 5.41) is 0.0723. The number of rotatable bonds is 1. The number of aryl methyl sites for hydroxylation is 1. The van der Waals surface area contributed by atoms with Gasteiger partial charge in [0.15, 0.2) is 0 Å². The molecule has 0 amide bonds. The van der Waals surface area contributed by atoms with Gasteiger partial charge in [0.2, 0.25) is 0 Å². The van der Waals surface area contributed by atoms with Crippen molar-refractivity contribution in [2.45, 2.75) is 20.8 Å². The summed E-state index contributed by atoms with van der Waals surface area (Å²) in [7, 11) is -4.04. The molecule has 1 aromatic carbocycles. The molecule has 4 heteroatoms. The van der Waals surface area contributed by atoms with Crippen molar-refractivity contribution in [1.82, 2.24) is 0 Å².